The molecule has 32 heavy (non-hydrogen) atoms. The third-order valence-electron chi connectivity index (χ3n) is 6.81. The first-order valence-corrected chi connectivity index (χ1v) is 12.2. The Morgan fingerprint density at radius 3 is 2.66 bits per heavy atom. The second-order valence-corrected chi connectivity index (χ2v) is 10.1. The largest absolute Gasteiger partial charge is 0.347 e. The number of benzene rings is 1. The van der Waals surface area contributed by atoms with Gasteiger partial charge in [-0.25, -0.2) is 13.2 Å². The van der Waals surface area contributed by atoms with Crippen LogP contribution < -0.4 is 0 Å². The van der Waals surface area contributed by atoms with Crippen molar-refractivity contribution in [3.8, 4) is 0 Å². The minimum Gasteiger partial charge on any atom is -0.347 e. The lowest BCUT2D eigenvalue weighted by molar-refractivity contribution is -0.153. The normalized spacial score (nSPS) is 23.6. The van der Waals surface area contributed by atoms with Crippen LogP contribution in [0.4, 0.5) is 0 Å². The van der Waals surface area contributed by atoms with E-state index < -0.39 is 16.8 Å². The van der Waals surface area contributed by atoms with Crippen LogP contribution in [0.25, 0.3) is 16.8 Å². The van der Waals surface area contributed by atoms with Crippen LogP contribution in [0.3, 0.4) is 0 Å². The summed E-state index contributed by atoms with van der Waals surface area (Å²) in [5.74, 6) is 0.966. The van der Waals surface area contributed by atoms with Gasteiger partial charge in [0.25, 0.3) is 0 Å². The summed E-state index contributed by atoms with van der Waals surface area (Å²) in [6.45, 7) is 5.51. The fourth-order valence-electron chi connectivity index (χ4n) is 5.18. The molecule has 0 bridgehead atoms. The maximum atomic E-state index is 13.3. The Morgan fingerprint density at radius 1 is 1.12 bits per heavy atom. The number of rotatable bonds is 4. The van der Waals surface area contributed by atoms with Crippen molar-refractivity contribution in [2.45, 2.75) is 49.7 Å². The molecular formula is C23H25N5O3S. The quantitative estimate of drug-likeness (QED) is 0.471. The number of hydrogen-bond acceptors (Lipinski definition) is 6. The van der Waals surface area contributed by atoms with Crippen LogP contribution >= 0.6 is 0 Å². The highest BCUT2D eigenvalue weighted by Crippen LogP contribution is 2.50. The average molecular weight is 452 g/mol. The molecule has 1 saturated carbocycles. The maximum absolute atomic E-state index is 13.3. The first-order chi connectivity index (χ1) is 15.6. The molecule has 9 heteroatoms. The Bertz CT molecular complexity index is 1320. The van der Waals surface area contributed by atoms with Crippen molar-refractivity contribution in [1.82, 2.24) is 23.6 Å². The van der Waals surface area contributed by atoms with E-state index in [0.717, 1.165) is 41.1 Å². The highest BCUT2D eigenvalue weighted by atomic mass is 32.2. The highest BCUT2D eigenvalue weighted by molar-refractivity contribution is 7.83. The van der Waals surface area contributed by atoms with E-state index in [1.807, 2.05) is 43.5 Å². The van der Waals surface area contributed by atoms with Crippen molar-refractivity contribution >= 4 is 27.8 Å². The first-order valence-electron chi connectivity index (χ1n) is 11.1. The summed E-state index contributed by atoms with van der Waals surface area (Å²) in [7, 11) is -1.39. The van der Waals surface area contributed by atoms with Crippen molar-refractivity contribution in [1.29, 1.82) is 0 Å². The minimum absolute atomic E-state index is 0.171. The van der Waals surface area contributed by atoms with Crippen LogP contribution in [-0.4, -0.2) is 46.8 Å². The molecule has 6 rings (SSSR count). The van der Waals surface area contributed by atoms with Crippen molar-refractivity contribution < 1.29 is 13.7 Å². The molecule has 1 saturated heterocycles. The van der Waals surface area contributed by atoms with Crippen LogP contribution in [0.1, 0.15) is 43.5 Å². The van der Waals surface area contributed by atoms with Gasteiger partial charge in [0.2, 0.25) is 0 Å². The Morgan fingerprint density at radius 2 is 1.91 bits per heavy atom. The van der Waals surface area contributed by atoms with Gasteiger partial charge in [-0.15, -0.1) is 10.2 Å². The topological polar surface area (TPSA) is 83.5 Å². The van der Waals surface area contributed by atoms with Gasteiger partial charge < -0.3 is 9.47 Å². The minimum atomic E-state index is -1.39. The van der Waals surface area contributed by atoms with Gasteiger partial charge in [-0.1, -0.05) is 31.0 Å². The van der Waals surface area contributed by atoms with Gasteiger partial charge >= 0.3 is 0 Å². The van der Waals surface area contributed by atoms with E-state index in [4.69, 9.17) is 9.47 Å². The smallest absolute Gasteiger partial charge is 0.179 e. The van der Waals surface area contributed by atoms with Crippen molar-refractivity contribution in [3.63, 3.8) is 0 Å². The van der Waals surface area contributed by atoms with Crippen LogP contribution in [0.2, 0.25) is 0 Å². The molecule has 2 fully saturated rings. The van der Waals surface area contributed by atoms with E-state index in [0.29, 0.717) is 30.4 Å². The molecule has 3 unspecified atom stereocenters. The third-order valence-corrected chi connectivity index (χ3v) is 8.13. The van der Waals surface area contributed by atoms with Gasteiger partial charge in [0.15, 0.2) is 28.1 Å². The zero-order valence-electron chi connectivity index (χ0n) is 18.1. The Kier molecular flexibility index (Phi) is 4.67. The lowest BCUT2D eigenvalue weighted by Gasteiger charge is -2.21. The number of aromatic nitrogens is 5. The van der Waals surface area contributed by atoms with Gasteiger partial charge in [-0.3, -0.25) is 4.40 Å². The Labute approximate surface area is 188 Å². The van der Waals surface area contributed by atoms with Crippen LogP contribution in [0, 0.1) is 12.8 Å². The van der Waals surface area contributed by atoms with E-state index in [9.17, 15) is 4.21 Å². The number of nitrogens with zero attached hydrogens (tertiary/aromatic N) is 5. The average Bonchev–Trinajstić information content (AvgIpc) is 3.59. The molecule has 0 N–H and O–H groups in total. The molecule has 4 heterocycles. The zero-order chi connectivity index (χ0) is 21.9. The number of hydrogen-bond donors (Lipinski definition) is 0. The Balaban J connectivity index is 1.45. The number of aryl methyl sites for hydroxylation is 1. The fraction of sp³-hybridized carbons (Fsp3) is 0.435. The lowest BCUT2D eigenvalue weighted by atomic mass is 9.93. The summed E-state index contributed by atoms with van der Waals surface area (Å²) in [4.78, 5) is 5.32. The molecule has 1 aromatic carbocycles. The van der Waals surface area contributed by atoms with Crippen LogP contribution in [-0.2, 0) is 20.5 Å². The molecule has 8 nitrogen and oxygen atoms in total. The molecule has 2 aliphatic rings. The number of fused-ring (bicyclic) bond motifs is 3. The third kappa shape index (κ3) is 3.02. The van der Waals surface area contributed by atoms with Crippen LogP contribution in [0.5, 0.6) is 0 Å². The molecule has 3 aromatic heterocycles. The van der Waals surface area contributed by atoms with E-state index in [1.165, 1.54) is 0 Å². The summed E-state index contributed by atoms with van der Waals surface area (Å²) < 4.78 is 29.1. The van der Waals surface area contributed by atoms with Gasteiger partial charge in [0.1, 0.15) is 5.82 Å². The van der Waals surface area contributed by atoms with Gasteiger partial charge in [0, 0.05) is 25.0 Å². The molecule has 1 spiro atoms. The lowest BCUT2D eigenvalue weighted by Crippen LogP contribution is -2.26. The standard InChI is InChI=1S/C23H25N5O3S/c1-3-16-12-23(30-10-11-31-23)13-18(16)21-26-25-20-14-24-22-19(28(20)21)8-9-27(22)32(29)17-6-4-15(2)5-7-17/h4-9,14,16,18H,3,10-13H2,1-2H3. The van der Waals surface area contributed by atoms with Crippen molar-refractivity contribution in [2.75, 3.05) is 13.2 Å². The summed E-state index contributed by atoms with van der Waals surface area (Å²) in [5.41, 5.74) is 3.32. The van der Waals surface area contributed by atoms with E-state index in [1.54, 1.807) is 10.2 Å². The summed E-state index contributed by atoms with van der Waals surface area (Å²) in [6.07, 6.45) is 6.19. The maximum Gasteiger partial charge on any atom is 0.179 e. The molecular weight excluding hydrogens is 426 g/mol. The molecule has 4 aromatic rings. The zero-order valence-corrected chi connectivity index (χ0v) is 18.9. The predicted octanol–water partition coefficient (Wildman–Crippen LogP) is 3.61. The summed E-state index contributed by atoms with van der Waals surface area (Å²) >= 11 is 0. The summed E-state index contributed by atoms with van der Waals surface area (Å²) in [5, 5.41) is 8.98. The molecule has 166 valence electrons. The highest BCUT2D eigenvalue weighted by Gasteiger charge is 2.50. The molecule has 0 radical (unpaired) electrons. The van der Waals surface area contributed by atoms with E-state index in [-0.39, 0.29) is 5.92 Å². The van der Waals surface area contributed by atoms with Crippen molar-refractivity contribution in [2.24, 2.45) is 5.92 Å². The van der Waals surface area contributed by atoms with Gasteiger partial charge in [-0.2, -0.15) is 0 Å². The SMILES string of the molecule is CCC1CC2(CC1c1nnc3cnc4c(ccn4S(=O)c4ccc(C)cc4)n13)OCCO2. The number of ether oxygens (including phenoxy) is 2. The van der Waals surface area contributed by atoms with E-state index in [2.05, 4.69) is 26.5 Å². The Hall–Kier alpha value is -2.62. The fourth-order valence-corrected chi connectivity index (χ4v) is 6.25. The van der Waals surface area contributed by atoms with Gasteiger partial charge in [0.05, 0.1) is 29.8 Å². The summed E-state index contributed by atoms with van der Waals surface area (Å²) in [6, 6.07) is 9.67. The van der Waals surface area contributed by atoms with Gasteiger partial charge in [-0.05, 0) is 31.0 Å². The first kappa shape index (κ1) is 20.0. The monoisotopic (exact) mass is 451 g/mol. The molecule has 3 atom stereocenters. The molecule has 1 aliphatic heterocycles. The molecule has 0 amide bonds. The van der Waals surface area contributed by atoms with Crippen molar-refractivity contribution in [3.05, 3.63) is 54.1 Å². The predicted molar refractivity (Wildman–Crippen MR) is 120 cm³/mol. The van der Waals surface area contributed by atoms with E-state index >= 15 is 0 Å². The molecule has 1 aliphatic carbocycles. The second kappa shape index (κ2) is 7.47. The second-order valence-electron chi connectivity index (χ2n) is 8.71. The van der Waals surface area contributed by atoms with Crippen LogP contribution in [0.15, 0.2) is 47.6 Å².